The van der Waals surface area contributed by atoms with Crippen molar-refractivity contribution < 1.29 is 19.1 Å². The molecule has 2 aromatic rings. The van der Waals surface area contributed by atoms with Crippen LogP contribution in [0.15, 0.2) is 23.6 Å². The summed E-state index contributed by atoms with van der Waals surface area (Å²) in [6.45, 7) is 16.9. The van der Waals surface area contributed by atoms with E-state index in [1.54, 1.807) is 11.3 Å². The van der Waals surface area contributed by atoms with Gasteiger partial charge in [0.2, 0.25) is 0 Å². The number of benzene rings is 1. The SMILES string of the molecule is CC(C)(C)OC(=O)N1CCC(C(=O)N2CCC(c3nc(-c4ccc5c(c4)C(C)(C)CCC5(C)C)cs3)CC2)OC1. The third kappa shape index (κ3) is 6.08. The zero-order valence-electron chi connectivity index (χ0n) is 25.2. The van der Waals surface area contributed by atoms with Gasteiger partial charge in [0.1, 0.15) is 18.4 Å². The van der Waals surface area contributed by atoms with Gasteiger partial charge in [0.15, 0.2) is 0 Å². The van der Waals surface area contributed by atoms with Crippen LogP contribution in [-0.4, -0.2) is 64.9 Å². The number of likely N-dealkylation sites (tertiary alicyclic amines) is 1. The highest BCUT2D eigenvalue weighted by atomic mass is 32.1. The summed E-state index contributed by atoms with van der Waals surface area (Å²) < 4.78 is 11.2. The number of ether oxygens (including phenoxy) is 2. The molecule has 2 amide bonds. The van der Waals surface area contributed by atoms with E-state index in [9.17, 15) is 9.59 Å². The Bertz CT molecular complexity index is 1250. The summed E-state index contributed by atoms with van der Waals surface area (Å²) in [6, 6.07) is 6.95. The monoisotopic (exact) mass is 567 g/mol. The molecular formula is C32H45N3O4S. The summed E-state index contributed by atoms with van der Waals surface area (Å²) in [5.74, 6) is 0.396. The molecule has 3 heterocycles. The molecule has 2 saturated heterocycles. The maximum atomic E-state index is 13.2. The number of hydrogen-bond acceptors (Lipinski definition) is 6. The number of carbonyl (C=O) groups excluding carboxylic acids is 2. The van der Waals surface area contributed by atoms with Gasteiger partial charge in [-0.15, -0.1) is 11.3 Å². The second-order valence-electron chi connectivity index (χ2n) is 14.0. The highest BCUT2D eigenvalue weighted by molar-refractivity contribution is 7.10. The van der Waals surface area contributed by atoms with Gasteiger partial charge in [0, 0.05) is 42.9 Å². The maximum absolute atomic E-state index is 13.2. The molecule has 0 spiro atoms. The molecule has 1 aromatic heterocycles. The van der Waals surface area contributed by atoms with Gasteiger partial charge in [-0.25, -0.2) is 9.78 Å². The van der Waals surface area contributed by atoms with E-state index in [0.29, 0.717) is 32.0 Å². The van der Waals surface area contributed by atoms with Gasteiger partial charge in [-0.2, -0.15) is 0 Å². The first-order valence-electron chi connectivity index (χ1n) is 14.7. The van der Waals surface area contributed by atoms with E-state index in [1.807, 2.05) is 25.7 Å². The fourth-order valence-electron chi connectivity index (χ4n) is 6.17. The van der Waals surface area contributed by atoms with Gasteiger partial charge in [0.25, 0.3) is 5.91 Å². The van der Waals surface area contributed by atoms with Crippen LogP contribution in [0.5, 0.6) is 0 Å². The number of aromatic nitrogens is 1. The minimum absolute atomic E-state index is 0.0294. The van der Waals surface area contributed by atoms with Gasteiger partial charge >= 0.3 is 6.09 Å². The van der Waals surface area contributed by atoms with Crippen LogP contribution in [0.1, 0.15) is 103 Å². The Kier molecular flexibility index (Phi) is 7.81. The van der Waals surface area contributed by atoms with Gasteiger partial charge < -0.3 is 14.4 Å². The van der Waals surface area contributed by atoms with Gasteiger partial charge in [0.05, 0.1) is 10.7 Å². The van der Waals surface area contributed by atoms with Crippen molar-refractivity contribution in [2.24, 2.45) is 0 Å². The molecule has 5 rings (SSSR count). The van der Waals surface area contributed by atoms with E-state index in [1.165, 1.54) is 39.4 Å². The van der Waals surface area contributed by atoms with Crippen LogP contribution in [0.2, 0.25) is 0 Å². The topological polar surface area (TPSA) is 72.0 Å². The van der Waals surface area contributed by atoms with Crippen molar-refractivity contribution in [1.29, 1.82) is 0 Å². The first-order chi connectivity index (χ1) is 18.7. The first-order valence-corrected chi connectivity index (χ1v) is 15.6. The first kappa shape index (κ1) is 29.1. The lowest BCUT2D eigenvalue weighted by Gasteiger charge is -2.42. The van der Waals surface area contributed by atoms with Crippen LogP contribution in [0, 0.1) is 0 Å². The Balaban J connectivity index is 1.17. The number of nitrogens with zero attached hydrogens (tertiary/aromatic N) is 3. The second-order valence-corrected chi connectivity index (χ2v) is 14.9. The summed E-state index contributed by atoms with van der Waals surface area (Å²) in [5.41, 5.74) is 5.03. The third-order valence-corrected chi connectivity index (χ3v) is 9.85. The van der Waals surface area contributed by atoms with Crippen molar-refractivity contribution in [2.45, 2.75) is 109 Å². The molecule has 2 aliphatic heterocycles. The van der Waals surface area contributed by atoms with E-state index in [-0.39, 0.29) is 23.5 Å². The summed E-state index contributed by atoms with van der Waals surface area (Å²) in [5, 5.41) is 3.36. The van der Waals surface area contributed by atoms with E-state index < -0.39 is 17.8 Å². The third-order valence-electron chi connectivity index (χ3n) is 8.85. The molecule has 1 aromatic carbocycles. The summed E-state index contributed by atoms with van der Waals surface area (Å²) in [6.07, 6.45) is 3.81. The lowest BCUT2D eigenvalue weighted by atomic mass is 9.63. The standard InChI is InChI=1S/C32H45N3O4S/c1-30(2,3)39-29(37)35-17-12-26(38-20-35)28(36)34-15-10-21(11-16-34)27-33-25(19-40-27)22-8-9-23-24(18-22)32(6,7)14-13-31(23,4)5/h8-9,18-19,21,26H,10-17,20H2,1-7H3. The average Bonchev–Trinajstić information content (AvgIpc) is 3.40. The van der Waals surface area contributed by atoms with Crippen LogP contribution in [-0.2, 0) is 25.1 Å². The molecule has 0 bridgehead atoms. The Morgan fingerprint density at radius 1 is 0.975 bits per heavy atom. The number of fused-ring (bicyclic) bond motifs is 1. The number of thiazole rings is 1. The van der Waals surface area contributed by atoms with Crippen molar-refractivity contribution in [2.75, 3.05) is 26.4 Å². The average molecular weight is 568 g/mol. The fourth-order valence-corrected chi connectivity index (χ4v) is 7.17. The number of amides is 2. The molecule has 218 valence electrons. The zero-order valence-corrected chi connectivity index (χ0v) is 26.0. The number of carbonyl (C=O) groups is 2. The van der Waals surface area contributed by atoms with Crippen molar-refractivity contribution in [3.63, 3.8) is 0 Å². The summed E-state index contributed by atoms with van der Waals surface area (Å²) in [7, 11) is 0. The molecule has 0 N–H and O–H groups in total. The Labute approximate surface area is 243 Å². The van der Waals surface area contributed by atoms with Crippen LogP contribution in [0.25, 0.3) is 11.3 Å². The summed E-state index contributed by atoms with van der Waals surface area (Å²) >= 11 is 1.74. The lowest BCUT2D eigenvalue weighted by molar-refractivity contribution is -0.154. The van der Waals surface area contributed by atoms with E-state index in [4.69, 9.17) is 14.5 Å². The van der Waals surface area contributed by atoms with E-state index >= 15 is 0 Å². The van der Waals surface area contributed by atoms with Crippen molar-refractivity contribution in [3.8, 4) is 11.3 Å². The normalized spacial score (nSPS) is 23.0. The Morgan fingerprint density at radius 2 is 1.62 bits per heavy atom. The lowest BCUT2D eigenvalue weighted by Crippen LogP contribution is -2.50. The number of rotatable bonds is 3. The molecule has 1 aliphatic carbocycles. The molecular weight excluding hydrogens is 522 g/mol. The molecule has 1 unspecified atom stereocenters. The molecule has 0 radical (unpaired) electrons. The zero-order chi connectivity index (χ0) is 28.9. The van der Waals surface area contributed by atoms with Crippen LogP contribution < -0.4 is 0 Å². The van der Waals surface area contributed by atoms with Crippen LogP contribution in [0.4, 0.5) is 4.79 Å². The predicted molar refractivity (Wildman–Crippen MR) is 159 cm³/mol. The molecule has 3 aliphatic rings. The van der Waals surface area contributed by atoms with Crippen molar-refractivity contribution >= 4 is 23.3 Å². The molecule has 8 heteroatoms. The van der Waals surface area contributed by atoms with Crippen LogP contribution in [0.3, 0.4) is 0 Å². The van der Waals surface area contributed by atoms with Crippen LogP contribution >= 0.6 is 11.3 Å². The minimum Gasteiger partial charge on any atom is -0.444 e. The van der Waals surface area contributed by atoms with Gasteiger partial charge in [-0.05, 0) is 74.5 Å². The quantitative estimate of drug-likeness (QED) is 0.406. The van der Waals surface area contributed by atoms with Crippen molar-refractivity contribution in [1.82, 2.24) is 14.8 Å². The predicted octanol–water partition coefficient (Wildman–Crippen LogP) is 6.85. The largest absolute Gasteiger partial charge is 0.444 e. The highest BCUT2D eigenvalue weighted by Gasteiger charge is 2.38. The van der Waals surface area contributed by atoms with Gasteiger partial charge in [-0.3, -0.25) is 9.69 Å². The van der Waals surface area contributed by atoms with Crippen molar-refractivity contribution in [3.05, 3.63) is 39.7 Å². The molecule has 40 heavy (non-hydrogen) atoms. The molecule has 2 fully saturated rings. The number of piperidine rings is 1. The fraction of sp³-hybridized carbons (Fsp3) is 0.656. The molecule has 1 atom stereocenters. The highest BCUT2D eigenvalue weighted by Crippen LogP contribution is 2.47. The van der Waals surface area contributed by atoms with Gasteiger partial charge in [-0.1, -0.05) is 39.8 Å². The Morgan fingerprint density at radius 3 is 2.25 bits per heavy atom. The molecule has 0 saturated carbocycles. The molecule has 7 nitrogen and oxygen atoms in total. The summed E-state index contributed by atoms with van der Waals surface area (Å²) in [4.78, 5) is 34.0. The van der Waals surface area contributed by atoms with E-state index in [0.717, 1.165) is 18.5 Å². The minimum atomic E-state index is -0.555. The number of hydrogen-bond donors (Lipinski definition) is 0. The smallest absolute Gasteiger partial charge is 0.412 e. The maximum Gasteiger partial charge on any atom is 0.412 e. The second kappa shape index (κ2) is 10.8. The Hall–Kier alpha value is -2.45. The van der Waals surface area contributed by atoms with E-state index in [2.05, 4.69) is 51.3 Å².